The van der Waals surface area contributed by atoms with Crippen molar-refractivity contribution in [1.82, 2.24) is 9.88 Å². The van der Waals surface area contributed by atoms with E-state index in [9.17, 15) is 4.79 Å². The van der Waals surface area contributed by atoms with Crippen LogP contribution in [0.1, 0.15) is 43.4 Å². The molecule has 1 heterocycles. The van der Waals surface area contributed by atoms with Gasteiger partial charge in [0.2, 0.25) is 0 Å². The molecule has 1 fully saturated rings. The van der Waals surface area contributed by atoms with Gasteiger partial charge in [-0.05, 0) is 44.4 Å². The number of nitrogens with zero attached hydrogens (tertiary/aromatic N) is 1. The van der Waals surface area contributed by atoms with Crippen molar-refractivity contribution in [3.63, 3.8) is 0 Å². The average Bonchev–Trinajstić information content (AvgIpc) is 3.34. The molecule has 3 rings (SSSR count). The van der Waals surface area contributed by atoms with Gasteiger partial charge in [0.25, 0.3) is 5.56 Å². The lowest BCUT2D eigenvalue weighted by atomic mass is 10.1. The van der Waals surface area contributed by atoms with E-state index < -0.39 is 0 Å². The number of nitrogens with one attached hydrogen (secondary N) is 1. The molecule has 1 N–H and O–H groups in total. The molecule has 1 aromatic carbocycles. The summed E-state index contributed by atoms with van der Waals surface area (Å²) in [5.74, 6) is 0. The fourth-order valence-electron chi connectivity index (χ4n) is 2.78. The molecule has 1 aliphatic carbocycles. The predicted molar refractivity (Wildman–Crippen MR) is 91.1 cm³/mol. The first-order valence-electron chi connectivity index (χ1n) is 8.23. The number of rotatable bonds is 6. The van der Waals surface area contributed by atoms with Gasteiger partial charge in [-0.2, -0.15) is 0 Å². The van der Waals surface area contributed by atoms with Crippen LogP contribution in [0.25, 0.3) is 11.3 Å². The summed E-state index contributed by atoms with van der Waals surface area (Å²) >= 11 is 0. The summed E-state index contributed by atoms with van der Waals surface area (Å²) in [4.78, 5) is 12.8. The first-order chi connectivity index (χ1) is 10.7. The van der Waals surface area contributed by atoms with Crippen LogP contribution < -0.4 is 10.9 Å². The van der Waals surface area contributed by atoms with E-state index in [0.717, 1.165) is 42.6 Å². The SMILES string of the molecule is CCCNCc1ccc(-c2ccc(C)cc2)n(C2CC2)c1=O. The van der Waals surface area contributed by atoms with Crippen LogP contribution in [0.4, 0.5) is 0 Å². The highest BCUT2D eigenvalue weighted by atomic mass is 16.1. The second kappa shape index (κ2) is 6.49. The van der Waals surface area contributed by atoms with Crippen LogP contribution in [0, 0.1) is 6.92 Å². The summed E-state index contributed by atoms with van der Waals surface area (Å²) < 4.78 is 2.01. The number of hydrogen-bond donors (Lipinski definition) is 1. The van der Waals surface area contributed by atoms with Crippen LogP contribution in [-0.4, -0.2) is 11.1 Å². The molecule has 0 amide bonds. The van der Waals surface area contributed by atoms with Crippen LogP contribution in [-0.2, 0) is 6.54 Å². The monoisotopic (exact) mass is 296 g/mol. The Bertz CT molecular complexity index is 696. The summed E-state index contributed by atoms with van der Waals surface area (Å²) in [6.45, 7) is 5.83. The van der Waals surface area contributed by atoms with Gasteiger partial charge in [0, 0.05) is 18.2 Å². The second-order valence-electron chi connectivity index (χ2n) is 6.19. The molecule has 3 heteroatoms. The van der Waals surface area contributed by atoms with Crippen molar-refractivity contribution >= 4 is 0 Å². The molecule has 0 atom stereocenters. The van der Waals surface area contributed by atoms with Crippen LogP contribution in [0.15, 0.2) is 41.2 Å². The van der Waals surface area contributed by atoms with Crippen LogP contribution in [0.3, 0.4) is 0 Å². The van der Waals surface area contributed by atoms with Crippen LogP contribution in [0.2, 0.25) is 0 Å². The topological polar surface area (TPSA) is 34.0 Å². The Kier molecular flexibility index (Phi) is 4.44. The standard InChI is InChI=1S/C19H24N2O/c1-3-12-20-13-16-8-11-18(15-6-4-14(2)5-7-15)21(19(16)22)17-9-10-17/h4-8,11,17,20H,3,9-10,12-13H2,1-2H3. The number of pyridine rings is 1. The lowest BCUT2D eigenvalue weighted by Crippen LogP contribution is -2.28. The van der Waals surface area contributed by atoms with E-state index in [1.165, 1.54) is 5.56 Å². The van der Waals surface area contributed by atoms with E-state index in [2.05, 4.69) is 49.5 Å². The highest BCUT2D eigenvalue weighted by Gasteiger charge is 2.27. The molecule has 1 aromatic heterocycles. The highest BCUT2D eigenvalue weighted by molar-refractivity contribution is 5.60. The number of hydrogen-bond acceptors (Lipinski definition) is 2. The molecule has 1 saturated carbocycles. The first-order valence-corrected chi connectivity index (χ1v) is 8.23. The smallest absolute Gasteiger partial charge is 0.255 e. The number of benzene rings is 1. The van der Waals surface area contributed by atoms with Gasteiger partial charge in [-0.1, -0.05) is 42.8 Å². The van der Waals surface area contributed by atoms with E-state index in [1.807, 2.05) is 10.6 Å². The first kappa shape index (κ1) is 15.0. The van der Waals surface area contributed by atoms with Crippen LogP contribution in [0.5, 0.6) is 0 Å². The summed E-state index contributed by atoms with van der Waals surface area (Å²) in [5, 5.41) is 3.33. The van der Waals surface area contributed by atoms with Crippen molar-refractivity contribution in [2.45, 2.75) is 45.7 Å². The van der Waals surface area contributed by atoms with Crippen LogP contribution >= 0.6 is 0 Å². The molecule has 116 valence electrons. The molecular formula is C19H24N2O. The quantitative estimate of drug-likeness (QED) is 0.825. The lowest BCUT2D eigenvalue weighted by Gasteiger charge is -2.15. The van der Waals surface area contributed by atoms with E-state index in [-0.39, 0.29) is 5.56 Å². The maximum atomic E-state index is 12.8. The third-order valence-electron chi connectivity index (χ3n) is 4.20. The Morgan fingerprint density at radius 2 is 1.86 bits per heavy atom. The zero-order valence-electron chi connectivity index (χ0n) is 13.4. The van der Waals surface area contributed by atoms with Gasteiger partial charge in [0.15, 0.2) is 0 Å². The Balaban J connectivity index is 1.98. The predicted octanol–water partition coefficient (Wildman–Crippen LogP) is 3.66. The second-order valence-corrected chi connectivity index (χ2v) is 6.19. The summed E-state index contributed by atoms with van der Waals surface area (Å²) in [5.41, 5.74) is 4.46. The Labute approximate surface area is 132 Å². The normalized spacial score (nSPS) is 14.3. The molecule has 0 saturated heterocycles. The Morgan fingerprint density at radius 3 is 2.50 bits per heavy atom. The molecule has 2 aromatic rings. The summed E-state index contributed by atoms with van der Waals surface area (Å²) in [6, 6.07) is 12.9. The molecule has 0 unspecified atom stereocenters. The zero-order valence-corrected chi connectivity index (χ0v) is 13.4. The molecule has 0 aliphatic heterocycles. The van der Waals surface area contributed by atoms with Gasteiger partial charge in [-0.3, -0.25) is 4.79 Å². The Morgan fingerprint density at radius 1 is 1.14 bits per heavy atom. The van der Waals surface area contributed by atoms with E-state index in [0.29, 0.717) is 12.6 Å². The zero-order chi connectivity index (χ0) is 15.5. The van der Waals surface area contributed by atoms with Gasteiger partial charge in [0.1, 0.15) is 0 Å². The summed E-state index contributed by atoms with van der Waals surface area (Å²) in [6.07, 6.45) is 3.31. The minimum atomic E-state index is 0.171. The maximum Gasteiger partial charge on any atom is 0.255 e. The molecular weight excluding hydrogens is 272 g/mol. The fourth-order valence-corrected chi connectivity index (χ4v) is 2.78. The lowest BCUT2D eigenvalue weighted by molar-refractivity contribution is 0.649. The Hall–Kier alpha value is -1.87. The fraction of sp³-hybridized carbons (Fsp3) is 0.421. The van der Waals surface area contributed by atoms with Gasteiger partial charge in [-0.25, -0.2) is 0 Å². The van der Waals surface area contributed by atoms with Crippen molar-refractivity contribution in [3.8, 4) is 11.3 Å². The molecule has 22 heavy (non-hydrogen) atoms. The van der Waals surface area contributed by atoms with Crippen molar-refractivity contribution in [2.75, 3.05) is 6.54 Å². The average molecular weight is 296 g/mol. The number of aromatic nitrogens is 1. The van der Waals surface area contributed by atoms with E-state index >= 15 is 0 Å². The van der Waals surface area contributed by atoms with E-state index in [1.54, 1.807) is 0 Å². The highest BCUT2D eigenvalue weighted by Crippen LogP contribution is 2.37. The molecule has 0 radical (unpaired) electrons. The van der Waals surface area contributed by atoms with Crippen molar-refractivity contribution in [1.29, 1.82) is 0 Å². The molecule has 0 spiro atoms. The largest absolute Gasteiger partial charge is 0.312 e. The maximum absolute atomic E-state index is 12.8. The molecule has 0 bridgehead atoms. The third kappa shape index (κ3) is 3.14. The van der Waals surface area contributed by atoms with Crippen molar-refractivity contribution < 1.29 is 0 Å². The molecule has 3 nitrogen and oxygen atoms in total. The third-order valence-corrected chi connectivity index (χ3v) is 4.20. The van der Waals surface area contributed by atoms with Gasteiger partial charge in [-0.15, -0.1) is 0 Å². The minimum Gasteiger partial charge on any atom is -0.312 e. The van der Waals surface area contributed by atoms with Gasteiger partial charge >= 0.3 is 0 Å². The van der Waals surface area contributed by atoms with Crippen molar-refractivity contribution in [3.05, 3.63) is 57.9 Å². The van der Waals surface area contributed by atoms with Gasteiger partial charge < -0.3 is 9.88 Å². The minimum absolute atomic E-state index is 0.171. The van der Waals surface area contributed by atoms with Gasteiger partial charge in [0.05, 0.1) is 5.69 Å². The number of aryl methyl sites for hydroxylation is 1. The molecule has 1 aliphatic rings. The van der Waals surface area contributed by atoms with E-state index in [4.69, 9.17) is 0 Å². The van der Waals surface area contributed by atoms with Crippen molar-refractivity contribution in [2.24, 2.45) is 0 Å². The summed E-state index contributed by atoms with van der Waals surface area (Å²) in [7, 11) is 0.